The smallest absolute Gasteiger partial charge is 0.274 e. The van der Waals surface area contributed by atoms with E-state index in [1.54, 1.807) is 36.7 Å². The molecule has 6 nitrogen and oxygen atoms in total. The van der Waals surface area contributed by atoms with Crippen molar-refractivity contribution in [2.75, 3.05) is 5.32 Å². The normalized spacial score (nSPS) is 10.3. The van der Waals surface area contributed by atoms with Crippen molar-refractivity contribution in [2.24, 2.45) is 0 Å². The molecule has 2 aromatic heterocycles. The van der Waals surface area contributed by atoms with Crippen LogP contribution in [0.5, 0.6) is 0 Å². The van der Waals surface area contributed by atoms with E-state index in [1.807, 2.05) is 0 Å². The van der Waals surface area contributed by atoms with Crippen LogP contribution in [0, 0.1) is 5.95 Å². The van der Waals surface area contributed by atoms with Crippen LogP contribution < -0.4 is 5.32 Å². The molecule has 0 aliphatic rings. The first-order chi connectivity index (χ1) is 10.2. The number of benzene rings is 1. The lowest BCUT2D eigenvalue weighted by Gasteiger charge is -2.06. The number of pyridine rings is 1. The summed E-state index contributed by atoms with van der Waals surface area (Å²) < 4.78 is 13.0. The zero-order valence-corrected chi connectivity index (χ0v) is 10.8. The van der Waals surface area contributed by atoms with Gasteiger partial charge in [-0.2, -0.15) is 19.4 Å². The molecule has 0 saturated carbocycles. The molecule has 1 aromatic carbocycles. The minimum absolute atomic E-state index is 0.0211. The van der Waals surface area contributed by atoms with E-state index in [-0.39, 0.29) is 5.69 Å². The third-order valence-corrected chi connectivity index (χ3v) is 2.72. The zero-order chi connectivity index (χ0) is 14.7. The van der Waals surface area contributed by atoms with E-state index in [0.717, 1.165) is 5.69 Å². The molecular weight excluding hydrogens is 273 g/mol. The van der Waals surface area contributed by atoms with Gasteiger partial charge < -0.3 is 5.32 Å². The van der Waals surface area contributed by atoms with Crippen LogP contribution in [0.25, 0.3) is 5.69 Å². The Kier molecular flexibility index (Phi) is 3.38. The fraction of sp³-hybridized carbons (Fsp3) is 0. The van der Waals surface area contributed by atoms with Gasteiger partial charge in [0, 0.05) is 5.69 Å². The van der Waals surface area contributed by atoms with Crippen molar-refractivity contribution in [2.45, 2.75) is 0 Å². The van der Waals surface area contributed by atoms with Crippen molar-refractivity contribution in [1.82, 2.24) is 20.0 Å². The molecule has 21 heavy (non-hydrogen) atoms. The highest BCUT2D eigenvalue weighted by Crippen LogP contribution is 2.12. The first-order valence-corrected chi connectivity index (χ1v) is 6.13. The minimum Gasteiger partial charge on any atom is -0.321 e. The standard InChI is InChI=1S/C14H10FN5O/c15-13-3-1-2-12(19-13)14(21)18-10-4-6-11(7-5-10)20-16-8-9-17-20/h1-9H,(H,18,21). The van der Waals surface area contributed by atoms with Crippen molar-refractivity contribution in [3.05, 3.63) is 66.5 Å². The van der Waals surface area contributed by atoms with Crippen LogP contribution in [0.4, 0.5) is 10.1 Å². The van der Waals surface area contributed by atoms with E-state index in [1.165, 1.54) is 23.0 Å². The van der Waals surface area contributed by atoms with Crippen LogP contribution >= 0.6 is 0 Å². The second-order valence-corrected chi connectivity index (χ2v) is 4.17. The van der Waals surface area contributed by atoms with Gasteiger partial charge in [-0.3, -0.25) is 4.79 Å². The number of amides is 1. The van der Waals surface area contributed by atoms with E-state index >= 15 is 0 Å². The van der Waals surface area contributed by atoms with Gasteiger partial charge in [0.05, 0.1) is 18.1 Å². The van der Waals surface area contributed by atoms with Crippen molar-refractivity contribution in [3.8, 4) is 5.69 Å². The molecule has 0 spiro atoms. The van der Waals surface area contributed by atoms with Crippen LogP contribution in [0.1, 0.15) is 10.5 Å². The number of rotatable bonds is 3. The number of hydrogen-bond donors (Lipinski definition) is 1. The Labute approximate surface area is 119 Å². The van der Waals surface area contributed by atoms with Crippen LogP contribution in [0.3, 0.4) is 0 Å². The maximum Gasteiger partial charge on any atom is 0.274 e. The number of nitrogens with one attached hydrogen (secondary N) is 1. The summed E-state index contributed by atoms with van der Waals surface area (Å²) in [4.78, 5) is 16.9. The molecule has 2 heterocycles. The molecule has 3 rings (SSSR count). The van der Waals surface area contributed by atoms with Crippen LogP contribution in [0.2, 0.25) is 0 Å². The summed E-state index contributed by atoms with van der Waals surface area (Å²) >= 11 is 0. The topological polar surface area (TPSA) is 72.7 Å². The number of aromatic nitrogens is 4. The lowest BCUT2D eigenvalue weighted by molar-refractivity contribution is 0.102. The van der Waals surface area contributed by atoms with Gasteiger partial charge in [-0.15, -0.1) is 0 Å². The summed E-state index contributed by atoms with van der Waals surface area (Å²) in [5.74, 6) is -1.16. The molecule has 0 bridgehead atoms. The van der Waals surface area contributed by atoms with Gasteiger partial charge in [0.1, 0.15) is 5.69 Å². The number of carbonyl (C=O) groups excluding carboxylic acids is 1. The Balaban J connectivity index is 1.75. The van der Waals surface area contributed by atoms with Crippen molar-refractivity contribution < 1.29 is 9.18 Å². The van der Waals surface area contributed by atoms with Crippen molar-refractivity contribution >= 4 is 11.6 Å². The predicted molar refractivity (Wildman–Crippen MR) is 73.5 cm³/mol. The first-order valence-electron chi connectivity index (χ1n) is 6.13. The van der Waals surface area contributed by atoms with Gasteiger partial charge >= 0.3 is 0 Å². The predicted octanol–water partition coefficient (Wildman–Crippen LogP) is 2.05. The molecule has 0 aliphatic heterocycles. The zero-order valence-electron chi connectivity index (χ0n) is 10.8. The minimum atomic E-state index is -0.692. The summed E-state index contributed by atoms with van der Waals surface area (Å²) in [7, 11) is 0. The molecule has 1 amide bonds. The van der Waals surface area contributed by atoms with Gasteiger partial charge in [0.25, 0.3) is 5.91 Å². The molecule has 104 valence electrons. The first kappa shape index (κ1) is 12.9. The Morgan fingerprint density at radius 1 is 1.05 bits per heavy atom. The van der Waals surface area contributed by atoms with Crippen LogP contribution in [0.15, 0.2) is 54.9 Å². The highest BCUT2D eigenvalue weighted by molar-refractivity contribution is 6.02. The molecule has 0 saturated heterocycles. The fourth-order valence-corrected chi connectivity index (χ4v) is 1.76. The van der Waals surface area contributed by atoms with Gasteiger partial charge in [0.2, 0.25) is 5.95 Å². The molecular formula is C14H10FN5O. The second-order valence-electron chi connectivity index (χ2n) is 4.17. The molecule has 0 aliphatic carbocycles. The molecule has 1 N–H and O–H groups in total. The number of carbonyl (C=O) groups is 1. The molecule has 3 aromatic rings. The second kappa shape index (κ2) is 5.49. The third-order valence-electron chi connectivity index (χ3n) is 2.72. The Morgan fingerprint density at radius 2 is 1.76 bits per heavy atom. The van der Waals surface area contributed by atoms with E-state index in [4.69, 9.17) is 0 Å². The lowest BCUT2D eigenvalue weighted by atomic mass is 10.2. The number of hydrogen-bond acceptors (Lipinski definition) is 4. The Bertz CT molecular complexity index is 755. The van der Waals surface area contributed by atoms with E-state index in [9.17, 15) is 9.18 Å². The lowest BCUT2D eigenvalue weighted by Crippen LogP contribution is -2.14. The van der Waals surface area contributed by atoms with Crippen LogP contribution in [-0.4, -0.2) is 25.9 Å². The van der Waals surface area contributed by atoms with Gasteiger partial charge in [-0.05, 0) is 36.4 Å². The summed E-state index contributed by atoms with van der Waals surface area (Å²) in [6.45, 7) is 0. The summed E-state index contributed by atoms with van der Waals surface area (Å²) in [5, 5.41) is 10.6. The monoisotopic (exact) mass is 283 g/mol. The SMILES string of the molecule is O=C(Nc1ccc(-n2nccn2)cc1)c1cccc(F)n1. The van der Waals surface area contributed by atoms with Crippen LogP contribution in [-0.2, 0) is 0 Å². The Hall–Kier alpha value is -3.09. The highest BCUT2D eigenvalue weighted by atomic mass is 19.1. The van der Waals surface area contributed by atoms with Gasteiger partial charge in [0.15, 0.2) is 0 Å². The van der Waals surface area contributed by atoms with E-state index < -0.39 is 11.9 Å². The molecule has 0 radical (unpaired) electrons. The number of anilines is 1. The molecule has 7 heteroatoms. The highest BCUT2D eigenvalue weighted by Gasteiger charge is 2.08. The summed E-state index contributed by atoms with van der Waals surface area (Å²) in [6, 6.07) is 11.0. The van der Waals surface area contributed by atoms with Gasteiger partial charge in [-0.1, -0.05) is 6.07 Å². The van der Waals surface area contributed by atoms with Crippen molar-refractivity contribution in [1.29, 1.82) is 0 Å². The largest absolute Gasteiger partial charge is 0.321 e. The molecule has 0 atom stereocenters. The van der Waals surface area contributed by atoms with E-state index in [0.29, 0.717) is 5.69 Å². The summed E-state index contributed by atoms with van der Waals surface area (Å²) in [5.41, 5.74) is 1.36. The molecule has 0 unspecified atom stereocenters. The maximum atomic E-state index is 13.0. The third kappa shape index (κ3) is 2.92. The number of nitrogens with zero attached hydrogens (tertiary/aromatic N) is 4. The number of halogens is 1. The van der Waals surface area contributed by atoms with Gasteiger partial charge in [-0.25, -0.2) is 4.98 Å². The quantitative estimate of drug-likeness (QED) is 0.747. The molecule has 0 fully saturated rings. The average Bonchev–Trinajstić information content (AvgIpc) is 3.02. The fourth-order valence-electron chi connectivity index (χ4n) is 1.76. The maximum absolute atomic E-state index is 13.0. The Morgan fingerprint density at radius 3 is 2.43 bits per heavy atom. The summed E-state index contributed by atoms with van der Waals surface area (Å²) in [6.07, 6.45) is 3.15. The van der Waals surface area contributed by atoms with E-state index in [2.05, 4.69) is 20.5 Å². The average molecular weight is 283 g/mol. The van der Waals surface area contributed by atoms with Crippen molar-refractivity contribution in [3.63, 3.8) is 0 Å².